The molecule has 4 heteroatoms. The fraction of sp³-hybridized carbons (Fsp3) is 0.769. The summed E-state index contributed by atoms with van der Waals surface area (Å²) in [7, 11) is 0. The van der Waals surface area contributed by atoms with Crippen LogP contribution in [0.2, 0.25) is 0 Å². The number of nitrogens with zero attached hydrogens (tertiary/aromatic N) is 1. The molecule has 1 aromatic heterocycles. The van der Waals surface area contributed by atoms with Gasteiger partial charge in [0.2, 0.25) is 0 Å². The van der Waals surface area contributed by atoms with Crippen molar-refractivity contribution in [3.05, 3.63) is 16.1 Å². The van der Waals surface area contributed by atoms with Gasteiger partial charge < -0.3 is 11.1 Å². The Morgan fingerprint density at radius 3 is 2.59 bits per heavy atom. The molecule has 0 spiro atoms. The van der Waals surface area contributed by atoms with Crippen molar-refractivity contribution in [3.63, 3.8) is 0 Å². The van der Waals surface area contributed by atoms with E-state index in [4.69, 9.17) is 5.73 Å². The topological polar surface area (TPSA) is 50.9 Å². The van der Waals surface area contributed by atoms with E-state index in [1.165, 1.54) is 16.3 Å². The van der Waals surface area contributed by atoms with Crippen LogP contribution in [0.5, 0.6) is 0 Å². The third kappa shape index (κ3) is 5.15. The van der Waals surface area contributed by atoms with Gasteiger partial charge in [-0.2, -0.15) is 0 Å². The second-order valence-corrected chi connectivity index (χ2v) is 6.44. The molecule has 0 radical (unpaired) electrons. The Labute approximate surface area is 109 Å². The lowest BCUT2D eigenvalue weighted by Crippen LogP contribution is -2.31. The van der Waals surface area contributed by atoms with Crippen LogP contribution in [0.1, 0.15) is 43.1 Å². The quantitative estimate of drug-likeness (QED) is 0.787. The number of thiazole rings is 1. The van der Waals surface area contributed by atoms with E-state index in [0.717, 1.165) is 13.1 Å². The van der Waals surface area contributed by atoms with Crippen LogP contribution in [0.4, 0.5) is 0 Å². The van der Waals surface area contributed by atoms with Crippen molar-refractivity contribution < 1.29 is 0 Å². The number of nitrogens with two attached hydrogens (primary N) is 1. The van der Waals surface area contributed by atoms with E-state index in [1.54, 1.807) is 11.3 Å². The van der Waals surface area contributed by atoms with E-state index in [1.807, 2.05) is 6.20 Å². The van der Waals surface area contributed by atoms with Crippen molar-refractivity contribution in [3.8, 4) is 0 Å². The van der Waals surface area contributed by atoms with Gasteiger partial charge in [0, 0.05) is 11.1 Å². The third-order valence-corrected chi connectivity index (χ3v) is 3.96. The molecule has 98 valence electrons. The van der Waals surface area contributed by atoms with Crippen LogP contribution in [0.15, 0.2) is 6.20 Å². The Bertz CT molecular complexity index is 322. The van der Waals surface area contributed by atoms with Crippen LogP contribution in [0, 0.1) is 18.8 Å². The number of aryl methyl sites for hydroxylation is 1. The van der Waals surface area contributed by atoms with Gasteiger partial charge in [-0.15, -0.1) is 11.3 Å². The lowest BCUT2D eigenvalue weighted by atomic mass is 9.97. The minimum Gasteiger partial charge on any atom is -0.330 e. The minimum atomic E-state index is 0.329. The van der Waals surface area contributed by atoms with Gasteiger partial charge in [-0.1, -0.05) is 13.8 Å². The number of rotatable bonds is 7. The first-order valence-corrected chi connectivity index (χ1v) is 7.20. The minimum absolute atomic E-state index is 0.329. The molecule has 17 heavy (non-hydrogen) atoms. The largest absolute Gasteiger partial charge is 0.330 e. The highest BCUT2D eigenvalue weighted by Gasteiger charge is 2.13. The van der Waals surface area contributed by atoms with E-state index in [-0.39, 0.29) is 0 Å². The second kappa shape index (κ2) is 7.09. The molecule has 0 aliphatic heterocycles. The maximum absolute atomic E-state index is 5.80. The lowest BCUT2D eigenvalue weighted by molar-refractivity contribution is 0.378. The zero-order chi connectivity index (χ0) is 12.8. The molecule has 0 saturated carbocycles. The lowest BCUT2D eigenvalue weighted by Gasteiger charge is -2.20. The normalized spacial score (nSPS) is 15.2. The molecule has 3 N–H and O–H groups in total. The number of aromatic nitrogens is 1. The monoisotopic (exact) mass is 255 g/mol. The number of hydrogen-bond acceptors (Lipinski definition) is 4. The Hall–Kier alpha value is -0.450. The summed E-state index contributed by atoms with van der Waals surface area (Å²) in [5, 5.41) is 4.71. The van der Waals surface area contributed by atoms with E-state index < -0.39 is 0 Å². The van der Waals surface area contributed by atoms with Crippen molar-refractivity contribution in [2.24, 2.45) is 17.6 Å². The summed E-state index contributed by atoms with van der Waals surface area (Å²) in [4.78, 5) is 5.67. The van der Waals surface area contributed by atoms with Crippen LogP contribution in [-0.2, 0) is 0 Å². The van der Waals surface area contributed by atoms with Crippen molar-refractivity contribution in [2.75, 3.05) is 13.1 Å². The van der Waals surface area contributed by atoms with Crippen molar-refractivity contribution in [1.82, 2.24) is 10.3 Å². The Kier molecular flexibility index (Phi) is 6.09. The second-order valence-electron chi connectivity index (χ2n) is 5.17. The van der Waals surface area contributed by atoms with Gasteiger partial charge in [0.1, 0.15) is 5.01 Å². The van der Waals surface area contributed by atoms with Gasteiger partial charge in [0.05, 0.1) is 6.04 Å². The molecule has 0 aromatic carbocycles. The molecule has 0 amide bonds. The first-order valence-electron chi connectivity index (χ1n) is 6.38. The van der Waals surface area contributed by atoms with Crippen LogP contribution >= 0.6 is 11.3 Å². The Balaban J connectivity index is 2.38. The summed E-state index contributed by atoms with van der Waals surface area (Å²) in [6.45, 7) is 10.5. The smallest absolute Gasteiger partial charge is 0.109 e. The first-order chi connectivity index (χ1) is 8.02. The molecule has 2 atom stereocenters. The maximum atomic E-state index is 5.80. The van der Waals surface area contributed by atoms with Crippen molar-refractivity contribution in [1.29, 1.82) is 0 Å². The van der Waals surface area contributed by atoms with E-state index in [2.05, 4.69) is 38.0 Å². The highest BCUT2D eigenvalue weighted by molar-refractivity contribution is 7.11. The van der Waals surface area contributed by atoms with Gasteiger partial charge in [0.25, 0.3) is 0 Å². The molecule has 1 aromatic rings. The predicted molar refractivity (Wildman–Crippen MR) is 75.3 cm³/mol. The number of nitrogens with one attached hydrogen (secondary N) is 1. The van der Waals surface area contributed by atoms with E-state index >= 15 is 0 Å². The van der Waals surface area contributed by atoms with Crippen LogP contribution in [-0.4, -0.2) is 18.1 Å². The summed E-state index contributed by atoms with van der Waals surface area (Å²) in [6.07, 6.45) is 3.12. The molecule has 2 unspecified atom stereocenters. The van der Waals surface area contributed by atoms with Crippen LogP contribution in [0.3, 0.4) is 0 Å². The molecule has 0 aliphatic rings. The van der Waals surface area contributed by atoms with Gasteiger partial charge in [-0.05, 0) is 45.2 Å². The molecular weight excluding hydrogens is 230 g/mol. The molecule has 1 heterocycles. The predicted octanol–water partition coefficient (Wildman–Crippen LogP) is 2.72. The fourth-order valence-electron chi connectivity index (χ4n) is 1.93. The SMILES string of the molecule is Cc1cnc(C(C)NCC(CN)CC(C)C)s1. The van der Waals surface area contributed by atoms with Gasteiger partial charge >= 0.3 is 0 Å². The van der Waals surface area contributed by atoms with Gasteiger partial charge in [0.15, 0.2) is 0 Å². The highest BCUT2D eigenvalue weighted by atomic mass is 32.1. The molecule has 3 nitrogen and oxygen atoms in total. The van der Waals surface area contributed by atoms with Gasteiger partial charge in [-0.3, -0.25) is 0 Å². The standard InChI is InChI=1S/C13H25N3S/c1-9(2)5-12(6-14)8-15-11(4)13-16-7-10(3)17-13/h7,9,11-12,15H,5-6,8,14H2,1-4H3. The third-order valence-electron chi connectivity index (χ3n) is 2.86. The average molecular weight is 255 g/mol. The molecule has 1 rings (SSSR count). The van der Waals surface area contributed by atoms with E-state index in [9.17, 15) is 0 Å². The summed E-state index contributed by atoms with van der Waals surface area (Å²) >= 11 is 1.76. The molecular formula is C13H25N3S. The molecule has 0 aliphatic carbocycles. The van der Waals surface area contributed by atoms with E-state index in [0.29, 0.717) is 17.9 Å². The maximum Gasteiger partial charge on any atom is 0.109 e. The van der Waals surface area contributed by atoms with Crippen molar-refractivity contribution >= 4 is 11.3 Å². The Morgan fingerprint density at radius 2 is 2.12 bits per heavy atom. The zero-order valence-electron chi connectivity index (χ0n) is 11.4. The summed E-state index contributed by atoms with van der Waals surface area (Å²) < 4.78 is 0. The summed E-state index contributed by atoms with van der Waals surface area (Å²) in [5.74, 6) is 1.28. The summed E-state index contributed by atoms with van der Waals surface area (Å²) in [5.41, 5.74) is 5.80. The first kappa shape index (κ1) is 14.6. The zero-order valence-corrected chi connectivity index (χ0v) is 12.2. The summed E-state index contributed by atoms with van der Waals surface area (Å²) in [6, 6.07) is 0.329. The number of hydrogen-bond donors (Lipinski definition) is 2. The fourth-order valence-corrected chi connectivity index (χ4v) is 2.73. The average Bonchev–Trinajstić information content (AvgIpc) is 2.70. The van der Waals surface area contributed by atoms with Crippen LogP contribution < -0.4 is 11.1 Å². The van der Waals surface area contributed by atoms with Gasteiger partial charge in [-0.25, -0.2) is 4.98 Å². The highest BCUT2D eigenvalue weighted by Crippen LogP contribution is 2.19. The Morgan fingerprint density at radius 1 is 1.41 bits per heavy atom. The van der Waals surface area contributed by atoms with Crippen LogP contribution in [0.25, 0.3) is 0 Å². The molecule has 0 bridgehead atoms. The molecule has 0 fully saturated rings. The van der Waals surface area contributed by atoms with Crippen molar-refractivity contribution in [2.45, 2.75) is 40.2 Å². The molecule has 0 saturated heterocycles.